The van der Waals surface area contributed by atoms with E-state index in [4.69, 9.17) is 27.9 Å². The Hall–Kier alpha value is -1.85. The molecule has 1 aromatic carbocycles. The lowest BCUT2D eigenvalue weighted by Crippen LogP contribution is -1.96. The fourth-order valence-electron chi connectivity index (χ4n) is 1.27. The van der Waals surface area contributed by atoms with Crippen LogP contribution in [0.5, 0.6) is 11.6 Å². The van der Waals surface area contributed by atoms with Crippen LogP contribution in [-0.2, 0) is 0 Å². The number of hydrogen-bond donors (Lipinski definition) is 0. The summed E-state index contributed by atoms with van der Waals surface area (Å²) < 4.78 is 5.31. The molecular formula is C11H6Cl2N2O3. The van der Waals surface area contributed by atoms with Crippen LogP contribution in [0.2, 0.25) is 10.2 Å². The van der Waals surface area contributed by atoms with E-state index < -0.39 is 4.92 Å². The first kappa shape index (κ1) is 12.6. The number of nitro groups is 1. The molecule has 0 spiro atoms. The molecule has 0 aliphatic heterocycles. The van der Waals surface area contributed by atoms with Gasteiger partial charge in [0.15, 0.2) is 0 Å². The topological polar surface area (TPSA) is 65.3 Å². The number of rotatable bonds is 3. The molecule has 0 unspecified atom stereocenters. The first-order valence-electron chi connectivity index (χ1n) is 4.80. The molecule has 0 radical (unpaired) electrons. The van der Waals surface area contributed by atoms with Crippen molar-refractivity contribution in [3.05, 3.63) is 56.7 Å². The highest BCUT2D eigenvalue weighted by atomic mass is 35.5. The van der Waals surface area contributed by atoms with Gasteiger partial charge in [0.1, 0.15) is 10.9 Å². The third kappa shape index (κ3) is 2.88. The Morgan fingerprint density at radius 2 is 2.00 bits per heavy atom. The second-order valence-corrected chi connectivity index (χ2v) is 4.10. The standard InChI is InChI=1S/C11H6Cl2N2O3/c12-7-2-1-3-8(6-7)18-11-9(15(16)17)4-5-10(13)14-11/h1-6H. The molecule has 0 bridgehead atoms. The second-order valence-electron chi connectivity index (χ2n) is 3.27. The highest BCUT2D eigenvalue weighted by Gasteiger charge is 2.18. The molecule has 2 rings (SSSR count). The third-order valence-corrected chi connectivity index (χ3v) is 2.46. The van der Waals surface area contributed by atoms with Gasteiger partial charge in [0.25, 0.3) is 0 Å². The molecule has 7 heteroatoms. The average Bonchev–Trinajstić information content (AvgIpc) is 2.28. The quantitative estimate of drug-likeness (QED) is 0.484. The van der Waals surface area contributed by atoms with Crippen molar-refractivity contribution in [1.29, 1.82) is 0 Å². The molecule has 1 aromatic heterocycles. The van der Waals surface area contributed by atoms with E-state index in [1.54, 1.807) is 18.2 Å². The average molecular weight is 285 g/mol. The molecule has 92 valence electrons. The van der Waals surface area contributed by atoms with Crippen LogP contribution < -0.4 is 4.74 Å². The molecule has 0 saturated heterocycles. The maximum absolute atomic E-state index is 10.8. The van der Waals surface area contributed by atoms with Gasteiger partial charge in [-0.2, -0.15) is 4.98 Å². The SMILES string of the molecule is O=[N+]([O-])c1ccc(Cl)nc1Oc1cccc(Cl)c1. The van der Waals surface area contributed by atoms with E-state index >= 15 is 0 Å². The Kier molecular flexibility index (Phi) is 3.64. The van der Waals surface area contributed by atoms with E-state index in [-0.39, 0.29) is 16.7 Å². The lowest BCUT2D eigenvalue weighted by atomic mass is 10.3. The Morgan fingerprint density at radius 1 is 1.22 bits per heavy atom. The van der Waals surface area contributed by atoms with Gasteiger partial charge >= 0.3 is 11.6 Å². The van der Waals surface area contributed by atoms with Gasteiger partial charge in [0.05, 0.1) is 4.92 Å². The van der Waals surface area contributed by atoms with Gasteiger partial charge in [-0.3, -0.25) is 10.1 Å². The van der Waals surface area contributed by atoms with Gasteiger partial charge in [-0.25, -0.2) is 0 Å². The predicted octanol–water partition coefficient (Wildman–Crippen LogP) is 4.09. The fourth-order valence-corrected chi connectivity index (χ4v) is 1.59. The molecule has 2 aromatic rings. The number of nitrogens with zero attached hydrogens (tertiary/aromatic N) is 2. The largest absolute Gasteiger partial charge is 0.434 e. The van der Waals surface area contributed by atoms with Crippen LogP contribution in [0.3, 0.4) is 0 Å². The maximum Gasteiger partial charge on any atom is 0.331 e. The Labute approximate surface area is 112 Å². The van der Waals surface area contributed by atoms with Gasteiger partial charge in [0, 0.05) is 11.1 Å². The molecule has 0 amide bonds. The maximum atomic E-state index is 10.8. The Bertz CT molecular complexity index is 605. The lowest BCUT2D eigenvalue weighted by Gasteiger charge is -2.05. The van der Waals surface area contributed by atoms with Crippen LogP contribution in [0.15, 0.2) is 36.4 Å². The number of halogens is 2. The van der Waals surface area contributed by atoms with E-state index in [1.807, 2.05) is 0 Å². The van der Waals surface area contributed by atoms with Gasteiger partial charge in [0.2, 0.25) is 0 Å². The number of ether oxygens (including phenoxy) is 1. The van der Waals surface area contributed by atoms with Crippen molar-refractivity contribution in [2.75, 3.05) is 0 Å². The minimum absolute atomic E-state index is 0.109. The van der Waals surface area contributed by atoms with Crippen molar-refractivity contribution in [3.8, 4) is 11.6 Å². The highest BCUT2D eigenvalue weighted by Crippen LogP contribution is 2.31. The molecule has 0 aliphatic carbocycles. The van der Waals surface area contributed by atoms with Crippen LogP contribution in [0.25, 0.3) is 0 Å². The first-order chi connectivity index (χ1) is 8.56. The van der Waals surface area contributed by atoms with Crippen molar-refractivity contribution < 1.29 is 9.66 Å². The summed E-state index contributed by atoms with van der Waals surface area (Å²) in [5, 5.41) is 11.4. The van der Waals surface area contributed by atoms with Crippen molar-refractivity contribution in [3.63, 3.8) is 0 Å². The van der Waals surface area contributed by atoms with Crippen molar-refractivity contribution in [1.82, 2.24) is 4.98 Å². The summed E-state index contributed by atoms with van der Waals surface area (Å²) in [4.78, 5) is 14.0. The fraction of sp³-hybridized carbons (Fsp3) is 0. The summed E-state index contributed by atoms with van der Waals surface area (Å²) >= 11 is 11.5. The van der Waals surface area contributed by atoms with E-state index in [2.05, 4.69) is 4.98 Å². The molecule has 0 aliphatic rings. The summed E-state index contributed by atoms with van der Waals surface area (Å²) in [7, 11) is 0. The zero-order valence-corrected chi connectivity index (χ0v) is 10.4. The smallest absolute Gasteiger partial charge is 0.331 e. The zero-order valence-electron chi connectivity index (χ0n) is 8.84. The van der Waals surface area contributed by atoms with E-state index in [0.717, 1.165) is 0 Å². The molecule has 0 atom stereocenters. The number of benzene rings is 1. The molecule has 1 heterocycles. The van der Waals surface area contributed by atoms with Crippen molar-refractivity contribution >= 4 is 28.9 Å². The van der Waals surface area contributed by atoms with Gasteiger partial charge in [-0.05, 0) is 24.3 Å². The summed E-state index contributed by atoms with van der Waals surface area (Å²) in [6.45, 7) is 0. The van der Waals surface area contributed by atoms with Gasteiger partial charge in [-0.1, -0.05) is 29.3 Å². The zero-order chi connectivity index (χ0) is 13.1. The summed E-state index contributed by atoms with van der Waals surface area (Å²) in [5.41, 5.74) is -0.264. The summed E-state index contributed by atoms with van der Waals surface area (Å²) in [6, 6.07) is 9.01. The number of pyridine rings is 1. The van der Waals surface area contributed by atoms with E-state index in [9.17, 15) is 10.1 Å². The van der Waals surface area contributed by atoms with E-state index in [0.29, 0.717) is 10.8 Å². The van der Waals surface area contributed by atoms with Crippen molar-refractivity contribution in [2.24, 2.45) is 0 Å². The first-order valence-corrected chi connectivity index (χ1v) is 5.56. The van der Waals surface area contributed by atoms with Crippen LogP contribution >= 0.6 is 23.2 Å². The van der Waals surface area contributed by atoms with Crippen molar-refractivity contribution in [2.45, 2.75) is 0 Å². The minimum Gasteiger partial charge on any atom is -0.434 e. The van der Waals surface area contributed by atoms with Crippen LogP contribution in [0, 0.1) is 10.1 Å². The monoisotopic (exact) mass is 284 g/mol. The minimum atomic E-state index is -0.594. The van der Waals surface area contributed by atoms with Gasteiger partial charge in [-0.15, -0.1) is 0 Å². The second kappa shape index (κ2) is 5.20. The summed E-state index contributed by atoms with van der Waals surface area (Å²) in [6.07, 6.45) is 0. The van der Waals surface area contributed by atoms with E-state index in [1.165, 1.54) is 18.2 Å². The normalized spacial score (nSPS) is 10.1. The highest BCUT2D eigenvalue weighted by molar-refractivity contribution is 6.30. The Morgan fingerprint density at radius 3 is 2.67 bits per heavy atom. The lowest BCUT2D eigenvalue weighted by molar-refractivity contribution is -0.386. The molecule has 5 nitrogen and oxygen atoms in total. The molecule has 18 heavy (non-hydrogen) atoms. The Balaban J connectivity index is 2.39. The number of hydrogen-bond acceptors (Lipinski definition) is 4. The molecule has 0 fully saturated rings. The van der Waals surface area contributed by atoms with Crippen LogP contribution in [0.4, 0.5) is 5.69 Å². The molecule has 0 N–H and O–H groups in total. The molecule has 0 saturated carbocycles. The predicted molar refractivity (Wildman–Crippen MR) is 67.4 cm³/mol. The van der Waals surface area contributed by atoms with Crippen LogP contribution in [0.1, 0.15) is 0 Å². The summed E-state index contributed by atoms with van der Waals surface area (Å²) in [5.74, 6) is 0.176. The number of aromatic nitrogens is 1. The van der Waals surface area contributed by atoms with Crippen LogP contribution in [-0.4, -0.2) is 9.91 Å². The molecular weight excluding hydrogens is 279 g/mol. The van der Waals surface area contributed by atoms with Gasteiger partial charge < -0.3 is 4.74 Å². The third-order valence-electron chi connectivity index (χ3n) is 2.01.